The Labute approximate surface area is 239 Å². The second-order valence-corrected chi connectivity index (χ2v) is 10.8. The van der Waals surface area contributed by atoms with E-state index in [1.807, 2.05) is 12.1 Å². The minimum atomic E-state index is -0.628. The van der Waals surface area contributed by atoms with E-state index >= 15 is 0 Å². The Morgan fingerprint density at radius 1 is 1.15 bits per heavy atom. The predicted octanol–water partition coefficient (Wildman–Crippen LogP) is 6.29. The Bertz CT molecular complexity index is 1770. The topological polar surface area (TPSA) is 123 Å². The van der Waals surface area contributed by atoms with E-state index in [0.29, 0.717) is 27.3 Å². The Kier molecular flexibility index (Phi) is 8.09. The summed E-state index contributed by atoms with van der Waals surface area (Å²) in [7, 11) is 2.07. The van der Waals surface area contributed by atoms with Gasteiger partial charge in [0, 0.05) is 27.9 Å². The van der Waals surface area contributed by atoms with Crippen molar-refractivity contribution in [2.24, 2.45) is 0 Å². The summed E-state index contributed by atoms with van der Waals surface area (Å²) in [6.45, 7) is 5.23. The third-order valence-corrected chi connectivity index (χ3v) is 7.94. The number of aromatic nitrogens is 3. The van der Waals surface area contributed by atoms with Crippen molar-refractivity contribution in [3.05, 3.63) is 93.5 Å². The third-order valence-electron chi connectivity index (χ3n) is 6.85. The van der Waals surface area contributed by atoms with Crippen molar-refractivity contribution in [3.63, 3.8) is 0 Å². The molecule has 1 amide bonds. The highest BCUT2D eigenvalue weighted by molar-refractivity contribution is 7.21. The van der Waals surface area contributed by atoms with E-state index in [4.69, 9.17) is 0 Å². The number of hydrogen-bond acceptors (Lipinski definition) is 8. The predicted molar refractivity (Wildman–Crippen MR) is 161 cm³/mol. The third kappa shape index (κ3) is 6.11. The number of anilines is 3. The quantitative estimate of drug-likeness (QED) is 0.164. The summed E-state index contributed by atoms with van der Waals surface area (Å²) in [5.41, 5.74) is 1.62. The standard InChI is InChI=1S/C30H29FN6O3S/c1-4-12-37(3)17(2)19-9-11-28(32-16-19)33-24-15-22(35-36-29(24)39)18-8-10-21(31)23(13-18)34-30(40)27-14-20-25(38)6-5-7-26(20)41-27/h5-11,13-17,38H,4,12H2,1-3H3,(H,34,40)(H,36,39)(H,32,33,35). The van der Waals surface area contributed by atoms with Crippen molar-refractivity contribution in [1.82, 2.24) is 20.1 Å². The number of hydrogen-bond donors (Lipinski definition) is 4. The van der Waals surface area contributed by atoms with Gasteiger partial charge in [-0.1, -0.05) is 19.1 Å². The summed E-state index contributed by atoms with van der Waals surface area (Å²) in [5.74, 6) is -0.580. The maximum absolute atomic E-state index is 14.7. The fourth-order valence-corrected chi connectivity index (χ4v) is 5.41. The molecule has 0 radical (unpaired) electrons. The van der Waals surface area contributed by atoms with Crippen LogP contribution in [0, 0.1) is 5.82 Å². The van der Waals surface area contributed by atoms with Crippen LogP contribution in [0.2, 0.25) is 0 Å². The number of nitrogens with zero attached hydrogens (tertiary/aromatic N) is 3. The van der Waals surface area contributed by atoms with Crippen molar-refractivity contribution in [2.45, 2.75) is 26.3 Å². The number of carbonyl (C=O) groups is 1. The molecule has 1 unspecified atom stereocenters. The Morgan fingerprint density at radius 3 is 2.71 bits per heavy atom. The minimum Gasteiger partial charge on any atom is -0.507 e. The van der Waals surface area contributed by atoms with E-state index in [-0.39, 0.29) is 23.2 Å². The van der Waals surface area contributed by atoms with Crippen LogP contribution >= 0.6 is 11.3 Å². The number of thiophene rings is 1. The monoisotopic (exact) mass is 572 g/mol. The fraction of sp³-hybridized carbons (Fsp3) is 0.200. The van der Waals surface area contributed by atoms with Gasteiger partial charge in [0.2, 0.25) is 0 Å². The van der Waals surface area contributed by atoms with Crippen LogP contribution in [0.1, 0.15) is 41.5 Å². The zero-order valence-electron chi connectivity index (χ0n) is 22.7. The molecular weight excluding hydrogens is 543 g/mol. The van der Waals surface area contributed by atoms with Crippen LogP contribution in [0.5, 0.6) is 5.75 Å². The molecular formula is C30H29FN6O3S. The molecule has 4 N–H and O–H groups in total. The summed E-state index contributed by atoms with van der Waals surface area (Å²) in [6.07, 6.45) is 2.84. The molecule has 0 saturated carbocycles. The number of nitrogens with one attached hydrogen (secondary N) is 3. The molecule has 9 nitrogen and oxygen atoms in total. The molecule has 0 spiro atoms. The number of phenolic OH excluding ortho intramolecular Hbond substituents is 1. The largest absolute Gasteiger partial charge is 0.507 e. The lowest BCUT2D eigenvalue weighted by atomic mass is 10.1. The van der Waals surface area contributed by atoms with Crippen molar-refractivity contribution < 1.29 is 14.3 Å². The van der Waals surface area contributed by atoms with Gasteiger partial charge in [-0.25, -0.2) is 14.5 Å². The van der Waals surface area contributed by atoms with Gasteiger partial charge in [0.25, 0.3) is 11.5 Å². The van der Waals surface area contributed by atoms with E-state index in [1.165, 1.54) is 29.5 Å². The smallest absolute Gasteiger partial charge is 0.287 e. The average Bonchev–Trinajstić information content (AvgIpc) is 3.42. The first-order chi connectivity index (χ1) is 19.7. The van der Waals surface area contributed by atoms with Gasteiger partial charge in [0.15, 0.2) is 0 Å². The number of aromatic amines is 1. The summed E-state index contributed by atoms with van der Waals surface area (Å²) >= 11 is 1.19. The number of fused-ring (bicyclic) bond motifs is 1. The average molecular weight is 573 g/mol. The zero-order chi connectivity index (χ0) is 29.1. The normalized spacial score (nSPS) is 12.0. The minimum absolute atomic E-state index is 0.0453. The van der Waals surface area contributed by atoms with Gasteiger partial charge in [-0.3, -0.25) is 14.5 Å². The molecule has 5 rings (SSSR count). The summed E-state index contributed by atoms with van der Waals surface area (Å²) in [4.78, 5) is 32.5. The lowest BCUT2D eigenvalue weighted by Crippen LogP contribution is -2.23. The number of halogens is 1. The van der Waals surface area contributed by atoms with Crippen LogP contribution in [0.15, 0.2) is 71.7 Å². The highest BCUT2D eigenvalue weighted by Crippen LogP contribution is 2.33. The molecule has 210 valence electrons. The van der Waals surface area contributed by atoms with E-state index in [2.05, 4.69) is 51.6 Å². The van der Waals surface area contributed by atoms with Gasteiger partial charge in [-0.2, -0.15) is 5.10 Å². The van der Waals surface area contributed by atoms with Crippen LogP contribution in [0.3, 0.4) is 0 Å². The van der Waals surface area contributed by atoms with E-state index < -0.39 is 17.3 Å². The van der Waals surface area contributed by atoms with E-state index in [1.54, 1.807) is 36.5 Å². The number of aromatic hydroxyl groups is 1. The van der Waals surface area contributed by atoms with Crippen molar-refractivity contribution in [3.8, 4) is 17.0 Å². The zero-order valence-corrected chi connectivity index (χ0v) is 23.6. The molecule has 0 aliphatic carbocycles. The molecule has 1 atom stereocenters. The molecule has 0 bridgehead atoms. The van der Waals surface area contributed by atoms with Crippen LogP contribution in [-0.4, -0.2) is 44.7 Å². The number of amides is 1. The van der Waals surface area contributed by atoms with Crippen molar-refractivity contribution in [1.29, 1.82) is 0 Å². The molecule has 3 heterocycles. The number of H-pyrrole nitrogens is 1. The van der Waals surface area contributed by atoms with Gasteiger partial charge in [0.05, 0.1) is 16.3 Å². The highest BCUT2D eigenvalue weighted by Gasteiger charge is 2.16. The van der Waals surface area contributed by atoms with Gasteiger partial charge in [-0.05, 0) is 81.0 Å². The number of phenols is 1. The number of rotatable bonds is 9. The summed E-state index contributed by atoms with van der Waals surface area (Å²) < 4.78 is 15.4. The first-order valence-corrected chi connectivity index (χ1v) is 13.9. The maximum atomic E-state index is 14.7. The number of benzene rings is 2. The van der Waals surface area contributed by atoms with E-state index in [0.717, 1.165) is 23.2 Å². The van der Waals surface area contributed by atoms with Gasteiger partial charge >= 0.3 is 0 Å². The number of pyridine rings is 1. The molecule has 11 heteroatoms. The molecule has 0 saturated heterocycles. The van der Waals surface area contributed by atoms with Gasteiger partial charge < -0.3 is 15.7 Å². The second-order valence-electron chi connectivity index (χ2n) is 9.70. The maximum Gasteiger partial charge on any atom is 0.287 e. The molecule has 0 fully saturated rings. The lowest BCUT2D eigenvalue weighted by Gasteiger charge is -2.24. The molecule has 0 aliphatic heterocycles. The first kappa shape index (κ1) is 27.9. The van der Waals surface area contributed by atoms with Gasteiger partial charge in [0.1, 0.15) is 23.1 Å². The Balaban J connectivity index is 1.35. The van der Waals surface area contributed by atoms with Gasteiger partial charge in [-0.15, -0.1) is 11.3 Å². The lowest BCUT2D eigenvalue weighted by molar-refractivity contribution is 0.103. The SMILES string of the molecule is CCCN(C)C(C)c1ccc(Nc2cc(-c3ccc(F)c(NC(=O)c4cc5c(O)cccc5s4)c3)n[nH]c2=O)nc1. The van der Waals surface area contributed by atoms with Crippen LogP contribution < -0.4 is 16.2 Å². The highest BCUT2D eigenvalue weighted by atomic mass is 32.1. The van der Waals surface area contributed by atoms with Crippen LogP contribution in [0.4, 0.5) is 21.6 Å². The Morgan fingerprint density at radius 2 is 1.98 bits per heavy atom. The summed E-state index contributed by atoms with van der Waals surface area (Å²) in [5, 5.41) is 22.8. The number of carbonyl (C=O) groups excluding carboxylic acids is 1. The van der Waals surface area contributed by atoms with Crippen LogP contribution in [0.25, 0.3) is 21.3 Å². The van der Waals surface area contributed by atoms with E-state index in [9.17, 15) is 19.1 Å². The Hall–Kier alpha value is -4.61. The molecule has 41 heavy (non-hydrogen) atoms. The van der Waals surface area contributed by atoms with Crippen molar-refractivity contribution >= 4 is 44.5 Å². The summed E-state index contributed by atoms with van der Waals surface area (Å²) in [6, 6.07) is 16.3. The molecule has 0 aliphatic rings. The second kappa shape index (κ2) is 11.9. The molecule has 3 aromatic heterocycles. The fourth-order valence-electron chi connectivity index (χ4n) is 4.43. The van der Waals surface area contributed by atoms with Crippen LogP contribution in [-0.2, 0) is 0 Å². The van der Waals surface area contributed by atoms with Crippen molar-refractivity contribution in [2.75, 3.05) is 24.2 Å². The first-order valence-electron chi connectivity index (χ1n) is 13.1. The molecule has 5 aromatic rings. The molecule has 2 aromatic carbocycles.